The Bertz CT molecular complexity index is 738. The van der Waals surface area contributed by atoms with Gasteiger partial charge >= 0.3 is 5.97 Å². The molecule has 28 heavy (non-hydrogen) atoms. The monoisotopic (exact) mass is 394 g/mol. The van der Waals surface area contributed by atoms with Crippen LogP contribution in [0.3, 0.4) is 0 Å². The highest BCUT2D eigenvalue weighted by atomic mass is 16.8. The second-order valence-corrected chi connectivity index (χ2v) is 10.3. The number of rotatable bonds is 2. The fourth-order valence-corrected chi connectivity index (χ4v) is 7.97. The summed E-state index contributed by atoms with van der Waals surface area (Å²) < 4.78 is 11.4. The summed E-state index contributed by atoms with van der Waals surface area (Å²) >= 11 is 0. The zero-order valence-electron chi connectivity index (χ0n) is 16.5. The van der Waals surface area contributed by atoms with Crippen LogP contribution < -0.4 is 0 Å². The van der Waals surface area contributed by atoms with Gasteiger partial charge in [0.05, 0.1) is 6.10 Å². The number of Topliss-reactive ketones (excluding diaryl/α,β-unsaturated/α-hetero) is 1. The molecule has 2 heterocycles. The third kappa shape index (κ3) is 1.99. The van der Waals surface area contributed by atoms with Gasteiger partial charge in [-0.05, 0) is 56.3 Å². The molecule has 5 rings (SSSR count). The molecule has 0 bridgehead atoms. The third-order valence-electron chi connectivity index (χ3n) is 9.49. The second kappa shape index (κ2) is 5.56. The predicted molar refractivity (Wildman–Crippen MR) is 95.7 cm³/mol. The number of epoxide rings is 1. The number of aliphatic hydroxyl groups excluding tert-OH is 2. The van der Waals surface area contributed by atoms with Crippen molar-refractivity contribution in [3.8, 4) is 0 Å². The molecule has 3 saturated carbocycles. The molecule has 0 radical (unpaired) electrons. The minimum atomic E-state index is -1.59. The number of fused-ring (bicyclic) bond motifs is 4. The molecule has 3 N–H and O–H groups in total. The van der Waals surface area contributed by atoms with Gasteiger partial charge in [-0.3, -0.25) is 9.59 Å². The molecule has 2 saturated heterocycles. The van der Waals surface area contributed by atoms with Crippen molar-refractivity contribution in [2.24, 2.45) is 28.6 Å². The minimum Gasteiger partial charge on any atom is -0.432 e. The Balaban J connectivity index is 1.54. The topological polar surface area (TPSA) is 117 Å². The van der Waals surface area contributed by atoms with Crippen LogP contribution in [0.1, 0.15) is 58.8 Å². The number of hydrogen-bond acceptors (Lipinski definition) is 7. The number of carbonyl (C=O) groups is 2. The van der Waals surface area contributed by atoms with Crippen molar-refractivity contribution in [3.05, 3.63) is 0 Å². The molecule has 2 aliphatic heterocycles. The van der Waals surface area contributed by atoms with E-state index in [2.05, 4.69) is 6.92 Å². The maximum Gasteiger partial charge on any atom is 0.308 e. The molecule has 156 valence electrons. The van der Waals surface area contributed by atoms with Crippen molar-refractivity contribution >= 4 is 11.8 Å². The maximum atomic E-state index is 12.4. The summed E-state index contributed by atoms with van der Waals surface area (Å²) in [6.45, 7) is 3.34. The first-order valence-corrected chi connectivity index (χ1v) is 10.5. The van der Waals surface area contributed by atoms with Gasteiger partial charge in [-0.25, -0.2) is 0 Å². The Morgan fingerprint density at radius 3 is 2.64 bits per heavy atom. The van der Waals surface area contributed by atoms with Crippen LogP contribution in [-0.4, -0.2) is 57.3 Å². The summed E-state index contributed by atoms with van der Waals surface area (Å²) in [4.78, 5) is 24.4. The molecule has 5 aliphatic rings. The molecule has 1 spiro atoms. The summed E-state index contributed by atoms with van der Waals surface area (Å²) in [7, 11) is 0. The van der Waals surface area contributed by atoms with E-state index < -0.39 is 41.4 Å². The van der Waals surface area contributed by atoms with Gasteiger partial charge in [0.2, 0.25) is 6.29 Å². The molecule has 5 fully saturated rings. The smallest absolute Gasteiger partial charge is 0.308 e. The predicted octanol–water partition coefficient (Wildman–Crippen LogP) is 0.924. The molecular weight excluding hydrogens is 364 g/mol. The summed E-state index contributed by atoms with van der Waals surface area (Å²) in [6.07, 6.45) is 2.64. The third-order valence-corrected chi connectivity index (χ3v) is 9.49. The van der Waals surface area contributed by atoms with Crippen molar-refractivity contribution in [1.29, 1.82) is 0 Å². The molecule has 9 atom stereocenters. The Labute approximate surface area is 164 Å². The fourth-order valence-electron chi connectivity index (χ4n) is 7.97. The first-order chi connectivity index (χ1) is 13.1. The summed E-state index contributed by atoms with van der Waals surface area (Å²) in [6, 6.07) is 0. The second-order valence-electron chi connectivity index (χ2n) is 10.3. The van der Waals surface area contributed by atoms with Gasteiger partial charge in [0.15, 0.2) is 5.78 Å². The summed E-state index contributed by atoms with van der Waals surface area (Å²) in [5.41, 5.74) is -3.23. The van der Waals surface area contributed by atoms with Crippen molar-refractivity contribution in [3.63, 3.8) is 0 Å². The Morgan fingerprint density at radius 2 is 1.93 bits per heavy atom. The van der Waals surface area contributed by atoms with E-state index in [9.17, 15) is 24.9 Å². The zero-order valence-corrected chi connectivity index (χ0v) is 16.5. The summed E-state index contributed by atoms with van der Waals surface area (Å²) in [5, 5.41) is 32.0. The van der Waals surface area contributed by atoms with Crippen LogP contribution in [-0.2, 0) is 19.1 Å². The Kier molecular flexibility index (Phi) is 3.77. The quantitative estimate of drug-likeness (QED) is 0.471. The molecule has 7 nitrogen and oxygen atoms in total. The Morgan fingerprint density at radius 1 is 1.18 bits per heavy atom. The van der Waals surface area contributed by atoms with E-state index in [4.69, 9.17) is 9.47 Å². The van der Waals surface area contributed by atoms with E-state index in [1.165, 1.54) is 0 Å². The van der Waals surface area contributed by atoms with Crippen molar-refractivity contribution in [1.82, 2.24) is 0 Å². The van der Waals surface area contributed by atoms with E-state index in [-0.39, 0.29) is 29.1 Å². The van der Waals surface area contributed by atoms with E-state index >= 15 is 0 Å². The lowest BCUT2D eigenvalue weighted by Crippen LogP contribution is -2.64. The van der Waals surface area contributed by atoms with Crippen LogP contribution in [0.5, 0.6) is 0 Å². The fraction of sp³-hybridized carbons (Fsp3) is 0.905. The number of ether oxygens (including phenoxy) is 2. The first-order valence-electron chi connectivity index (χ1n) is 10.5. The number of aliphatic hydroxyl groups is 3. The molecule has 0 aromatic heterocycles. The summed E-state index contributed by atoms with van der Waals surface area (Å²) in [5.74, 6) is -0.616. The van der Waals surface area contributed by atoms with Crippen molar-refractivity contribution in [2.75, 3.05) is 6.61 Å². The van der Waals surface area contributed by atoms with Crippen LogP contribution in [0.15, 0.2) is 0 Å². The Hall–Kier alpha value is -1.02. The zero-order chi connectivity index (χ0) is 20.1. The lowest BCUT2D eigenvalue weighted by molar-refractivity contribution is -0.197. The first kappa shape index (κ1) is 19.0. The van der Waals surface area contributed by atoms with Gasteiger partial charge in [0.25, 0.3) is 0 Å². The van der Waals surface area contributed by atoms with Gasteiger partial charge in [-0.15, -0.1) is 0 Å². The van der Waals surface area contributed by atoms with Gasteiger partial charge in [0.1, 0.15) is 17.8 Å². The number of ketones is 1. The van der Waals surface area contributed by atoms with Crippen LogP contribution in [0, 0.1) is 28.6 Å². The molecule has 3 aliphatic carbocycles. The van der Waals surface area contributed by atoms with Crippen molar-refractivity contribution in [2.45, 2.75) is 82.4 Å². The average Bonchev–Trinajstić information content (AvgIpc) is 3.28. The van der Waals surface area contributed by atoms with E-state index in [0.717, 1.165) is 12.8 Å². The SMILES string of the molecule is C[C@]12C[C@H](O)[C@H]3[C@@H](CC[C@]45O[C@H]4OC(=O)CC[C@]35C)[C@@H]1CC[C@@]2(O)C(=O)CO. The van der Waals surface area contributed by atoms with Crippen LogP contribution in [0.2, 0.25) is 0 Å². The lowest BCUT2D eigenvalue weighted by Gasteiger charge is -2.60. The molecule has 0 amide bonds. The molecular formula is C21H30O7. The average molecular weight is 394 g/mol. The highest BCUT2D eigenvalue weighted by Gasteiger charge is 2.78. The highest BCUT2D eigenvalue weighted by molar-refractivity contribution is 5.89. The van der Waals surface area contributed by atoms with E-state index in [1.807, 2.05) is 6.92 Å². The highest BCUT2D eigenvalue weighted by Crippen LogP contribution is 2.72. The van der Waals surface area contributed by atoms with Gasteiger partial charge in [-0.1, -0.05) is 13.8 Å². The standard InChI is InChI=1S/C21H30O7/c1-18-6-5-15(25)27-17-21(18,28-17)8-3-11-12-4-7-20(26,14(24)10-22)19(12,2)9-13(23)16(11)18/h11-13,16-17,22-23,26H,3-10H2,1-2H3/t11-,12-,13-,16+,17+,18+,19-,20+,21-/m0/s1. The minimum absolute atomic E-state index is 0.0644. The molecule has 7 heteroatoms. The molecule has 0 aromatic rings. The number of esters is 1. The van der Waals surface area contributed by atoms with Gasteiger partial charge < -0.3 is 24.8 Å². The van der Waals surface area contributed by atoms with Crippen LogP contribution in [0.25, 0.3) is 0 Å². The van der Waals surface area contributed by atoms with Crippen LogP contribution in [0.4, 0.5) is 0 Å². The maximum absolute atomic E-state index is 12.4. The number of hydrogen-bond donors (Lipinski definition) is 3. The number of carbonyl (C=O) groups excluding carboxylic acids is 2. The van der Waals surface area contributed by atoms with Crippen molar-refractivity contribution < 1.29 is 34.4 Å². The lowest BCUT2D eigenvalue weighted by atomic mass is 9.44. The molecule has 0 aromatic carbocycles. The van der Waals surface area contributed by atoms with Gasteiger partial charge in [-0.2, -0.15) is 0 Å². The van der Waals surface area contributed by atoms with Gasteiger partial charge in [0, 0.05) is 17.3 Å². The van der Waals surface area contributed by atoms with E-state index in [1.54, 1.807) is 0 Å². The van der Waals surface area contributed by atoms with Crippen LogP contribution >= 0.6 is 0 Å². The normalized spacial score (nSPS) is 57.2. The largest absolute Gasteiger partial charge is 0.432 e. The molecule has 0 unspecified atom stereocenters. The van der Waals surface area contributed by atoms with E-state index in [0.29, 0.717) is 32.1 Å².